The average Bonchev–Trinajstić information content (AvgIpc) is 2.31. The number of nitrogens with one attached hydrogen (secondary N) is 1. The molecule has 1 aliphatic heterocycles. The Morgan fingerprint density at radius 3 is 2.76 bits per heavy atom. The van der Waals surface area contributed by atoms with Crippen LogP contribution in [0.4, 0.5) is 10.1 Å². The highest BCUT2D eigenvalue weighted by Gasteiger charge is 2.32. The molecule has 2 rings (SSSR count). The Labute approximate surface area is 132 Å². The Balaban J connectivity index is 2.27. The highest BCUT2D eigenvalue weighted by Crippen LogP contribution is 2.28. The summed E-state index contributed by atoms with van der Waals surface area (Å²) in [5.41, 5.74) is 5.37. The summed E-state index contributed by atoms with van der Waals surface area (Å²) in [4.78, 5) is -0.446. The quantitative estimate of drug-likeness (QED) is 0.788. The zero-order chi connectivity index (χ0) is 15.8. The van der Waals surface area contributed by atoms with Gasteiger partial charge in [-0.15, -0.1) is 0 Å². The molecular weight excluding hydrogens is 363 g/mol. The smallest absolute Gasteiger partial charge is 0.243 e. The number of ether oxygens (including phenoxy) is 1. The molecule has 1 fully saturated rings. The van der Waals surface area contributed by atoms with Gasteiger partial charge in [-0.05, 0) is 54.8 Å². The second-order valence-electron chi connectivity index (χ2n) is 5.73. The zero-order valence-electron chi connectivity index (χ0n) is 11.8. The van der Waals surface area contributed by atoms with E-state index >= 15 is 0 Å². The Kier molecular flexibility index (Phi) is 4.63. The molecule has 0 amide bonds. The fourth-order valence-corrected chi connectivity index (χ4v) is 4.41. The van der Waals surface area contributed by atoms with Gasteiger partial charge in [0.1, 0.15) is 4.90 Å². The van der Waals surface area contributed by atoms with Crippen LogP contribution in [0.15, 0.2) is 21.5 Å². The lowest BCUT2D eigenvalue weighted by Gasteiger charge is -2.35. The third-order valence-corrected chi connectivity index (χ3v) is 5.42. The summed E-state index contributed by atoms with van der Waals surface area (Å²) < 4.78 is 46.9. The summed E-state index contributed by atoms with van der Waals surface area (Å²) in [7, 11) is -3.98. The van der Waals surface area contributed by atoms with Gasteiger partial charge in [0.05, 0.1) is 10.1 Å². The summed E-state index contributed by atoms with van der Waals surface area (Å²) in [5.74, 6) is -0.844. The van der Waals surface area contributed by atoms with Crippen molar-refractivity contribution in [1.82, 2.24) is 4.72 Å². The van der Waals surface area contributed by atoms with Crippen molar-refractivity contribution in [2.75, 3.05) is 12.3 Å². The van der Waals surface area contributed by atoms with Gasteiger partial charge >= 0.3 is 0 Å². The van der Waals surface area contributed by atoms with Gasteiger partial charge in [-0.1, -0.05) is 0 Å². The van der Waals surface area contributed by atoms with E-state index in [1.165, 1.54) is 6.07 Å². The van der Waals surface area contributed by atoms with E-state index in [9.17, 15) is 12.8 Å². The molecule has 1 aromatic carbocycles. The van der Waals surface area contributed by atoms with E-state index in [0.717, 1.165) is 6.07 Å². The molecule has 0 radical (unpaired) electrons. The lowest BCUT2D eigenvalue weighted by molar-refractivity contribution is -0.0599. The van der Waals surface area contributed by atoms with E-state index in [2.05, 4.69) is 20.7 Å². The Bertz CT molecular complexity index is 649. The molecule has 1 aromatic rings. The fourth-order valence-electron chi connectivity index (χ4n) is 2.39. The normalized spacial score (nSPS) is 22.2. The maximum Gasteiger partial charge on any atom is 0.243 e. The summed E-state index contributed by atoms with van der Waals surface area (Å²) in [6, 6.07) is 2.15. The van der Waals surface area contributed by atoms with Crippen molar-refractivity contribution in [3.05, 3.63) is 22.4 Å². The lowest BCUT2D eigenvalue weighted by Crippen LogP contribution is -2.45. The standard InChI is InChI=1S/C13H18BrFN2O3S/c1-13(2)7-9(3-4-20-13)17-21(18,19)11-6-8(16)5-10(14)12(11)15/h5-6,9,17H,3-4,7,16H2,1-2H3. The van der Waals surface area contributed by atoms with Crippen molar-refractivity contribution in [2.45, 2.75) is 43.2 Å². The molecule has 3 N–H and O–H groups in total. The van der Waals surface area contributed by atoms with Gasteiger partial charge in [0, 0.05) is 18.3 Å². The van der Waals surface area contributed by atoms with Crippen LogP contribution >= 0.6 is 15.9 Å². The van der Waals surface area contributed by atoms with Gasteiger partial charge in [-0.2, -0.15) is 0 Å². The molecule has 21 heavy (non-hydrogen) atoms. The molecule has 1 aliphatic rings. The van der Waals surface area contributed by atoms with Crippen LogP contribution in [-0.2, 0) is 14.8 Å². The first-order valence-corrected chi connectivity index (χ1v) is 8.79. The monoisotopic (exact) mass is 380 g/mol. The number of anilines is 1. The van der Waals surface area contributed by atoms with Crippen molar-refractivity contribution in [3.8, 4) is 0 Å². The zero-order valence-corrected chi connectivity index (χ0v) is 14.2. The molecular formula is C13H18BrFN2O3S. The van der Waals surface area contributed by atoms with E-state index in [1.807, 2.05) is 13.8 Å². The van der Waals surface area contributed by atoms with Crippen LogP contribution in [0.1, 0.15) is 26.7 Å². The van der Waals surface area contributed by atoms with Crippen LogP contribution in [0.25, 0.3) is 0 Å². The molecule has 1 saturated heterocycles. The number of nitrogen functional groups attached to an aromatic ring is 1. The average molecular weight is 381 g/mol. The molecule has 8 heteroatoms. The van der Waals surface area contributed by atoms with Crippen molar-refractivity contribution >= 4 is 31.6 Å². The number of hydrogen-bond acceptors (Lipinski definition) is 4. The van der Waals surface area contributed by atoms with Crippen molar-refractivity contribution in [2.24, 2.45) is 0 Å². The van der Waals surface area contributed by atoms with E-state index in [0.29, 0.717) is 19.4 Å². The molecule has 1 unspecified atom stereocenters. The van der Waals surface area contributed by atoms with Crippen LogP contribution < -0.4 is 10.5 Å². The van der Waals surface area contributed by atoms with Gasteiger partial charge < -0.3 is 10.5 Å². The van der Waals surface area contributed by atoms with Crippen LogP contribution in [0, 0.1) is 5.82 Å². The SMILES string of the molecule is CC1(C)CC(NS(=O)(=O)c2cc(N)cc(Br)c2F)CCO1. The summed E-state index contributed by atoms with van der Waals surface area (Å²) in [6.07, 6.45) is 1.07. The number of sulfonamides is 1. The number of rotatable bonds is 3. The molecule has 118 valence electrons. The van der Waals surface area contributed by atoms with E-state index < -0.39 is 26.3 Å². The maximum atomic E-state index is 14.0. The topological polar surface area (TPSA) is 81.4 Å². The second-order valence-corrected chi connectivity index (χ2v) is 8.27. The minimum absolute atomic E-state index is 0.0233. The van der Waals surface area contributed by atoms with Crippen molar-refractivity contribution < 1.29 is 17.5 Å². The van der Waals surface area contributed by atoms with Crippen LogP contribution in [0.5, 0.6) is 0 Å². The van der Waals surface area contributed by atoms with Gasteiger partial charge in [0.2, 0.25) is 10.0 Å². The predicted molar refractivity (Wildman–Crippen MR) is 81.9 cm³/mol. The molecule has 5 nitrogen and oxygen atoms in total. The molecule has 0 spiro atoms. The van der Waals surface area contributed by atoms with E-state index in [4.69, 9.17) is 10.5 Å². The van der Waals surface area contributed by atoms with Crippen LogP contribution in [0.2, 0.25) is 0 Å². The van der Waals surface area contributed by atoms with Crippen LogP contribution in [-0.4, -0.2) is 26.7 Å². The maximum absolute atomic E-state index is 14.0. The van der Waals surface area contributed by atoms with Crippen molar-refractivity contribution in [3.63, 3.8) is 0 Å². The van der Waals surface area contributed by atoms with Gasteiger partial charge in [-0.3, -0.25) is 0 Å². The molecule has 0 aromatic heterocycles. The number of halogens is 2. The third kappa shape index (κ3) is 3.94. The Morgan fingerprint density at radius 1 is 1.48 bits per heavy atom. The largest absolute Gasteiger partial charge is 0.399 e. The van der Waals surface area contributed by atoms with E-state index in [-0.39, 0.29) is 16.2 Å². The lowest BCUT2D eigenvalue weighted by atomic mass is 9.95. The first-order valence-electron chi connectivity index (χ1n) is 6.51. The van der Waals surface area contributed by atoms with Crippen molar-refractivity contribution in [1.29, 1.82) is 0 Å². The van der Waals surface area contributed by atoms with Gasteiger partial charge in [-0.25, -0.2) is 17.5 Å². The highest BCUT2D eigenvalue weighted by molar-refractivity contribution is 9.10. The van der Waals surface area contributed by atoms with E-state index in [1.54, 1.807) is 0 Å². The Hall–Kier alpha value is -0.700. The first-order chi connectivity index (χ1) is 9.61. The molecule has 1 atom stereocenters. The Morgan fingerprint density at radius 2 is 2.14 bits per heavy atom. The number of benzene rings is 1. The second kappa shape index (κ2) is 5.83. The fraction of sp³-hybridized carbons (Fsp3) is 0.538. The molecule has 0 saturated carbocycles. The first kappa shape index (κ1) is 16.7. The summed E-state index contributed by atoms with van der Waals surface area (Å²) in [5, 5.41) is 0. The highest BCUT2D eigenvalue weighted by atomic mass is 79.9. The summed E-state index contributed by atoms with van der Waals surface area (Å²) in [6.45, 7) is 4.25. The predicted octanol–water partition coefficient (Wildman–Crippen LogP) is 2.41. The number of hydrogen-bond donors (Lipinski definition) is 2. The third-order valence-electron chi connectivity index (χ3n) is 3.33. The van der Waals surface area contributed by atoms with Gasteiger partial charge in [0.15, 0.2) is 5.82 Å². The summed E-state index contributed by atoms with van der Waals surface area (Å²) >= 11 is 2.97. The minimum Gasteiger partial charge on any atom is -0.399 e. The molecule has 0 aliphatic carbocycles. The number of nitrogens with two attached hydrogens (primary N) is 1. The van der Waals surface area contributed by atoms with Gasteiger partial charge in [0.25, 0.3) is 0 Å². The van der Waals surface area contributed by atoms with Crippen LogP contribution in [0.3, 0.4) is 0 Å². The minimum atomic E-state index is -3.98. The molecule has 1 heterocycles. The molecule has 0 bridgehead atoms.